The number of aliphatic hydroxyl groups is 1. The van der Waals surface area contributed by atoms with Gasteiger partial charge in [-0.25, -0.2) is 0 Å². The smallest absolute Gasteiger partial charge is 0.133 e. The Morgan fingerprint density at radius 3 is 2.62 bits per heavy atom. The Labute approximate surface area is 105 Å². The van der Waals surface area contributed by atoms with Crippen LogP contribution in [0.15, 0.2) is 22.7 Å². The van der Waals surface area contributed by atoms with Crippen LogP contribution in [0, 0.1) is 0 Å². The van der Waals surface area contributed by atoms with Crippen molar-refractivity contribution in [3.05, 3.63) is 28.2 Å². The van der Waals surface area contributed by atoms with E-state index in [0.717, 1.165) is 28.6 Å². The van der Waals surface area contributed by atoms with Gasteiger partial charge in [0, 0.05) is 5.41 Å². The average molecular weight is 285 g/mol. The highest BCUT2D eigenvalue weighted by molar-refractivity contribution is 9.10. The molecule has 2 nitrogen and oxygen atoms in total. The van der Waals surface area contributed by atoms with Gasteiger partial charge in [0.25, 0.3) is 0 Å². The van der Waals surface area contributed by atoms with Crippen molar-refractivity contribution in [2.75, 3.05) is 6.61 Å². The molecule has 88 valence electrons. The number of hydrogen-bond acceptors (Lipinski definition) is 2. The molecule has 1 saturated carbocycles. The molecular weight excluding hydrogens is 268 g/mol. The Bertz CT molecular complexity index is 384. The van der Waals surface area contributed by atoms with Crippen LogP contribution in [0.5, 0.6) is 5.75 Å². The van der Waals surface area contributed by atoms with Crippen LogP contribution in [-0.2, 0) is 5.41 Å². The van der Waals surface area contributed by atoms with E-state index in [-0.39, 0.29) is 12.0 Å². The fraction of sp³-hybridized carbons (Fsp3) is 0.538. The van der Waals surface area contributed by atoms with Crippen molar-refractivity contribution in [1.29, 1.82) is 0 Å². The monoisotopic (exact) mass is 284 g/mol. The molecule has 1 aromatic carbocycles. The molecule has 1 aromatic rings. The van der Waals surface area contributed by atoms with Crippen molar-refractivity contribution >= 4 is 15.9 Å². The zero-order valence-corrected chi connectivity index (χ0v) is 11.3. The van der Waals surface area contributed by atoms with E-state index in [0.29, 0.717) is 6.10 Å². The molecule has 1 fully saturated rings. The number of hydrogen-bond donors (Lipinski definition) is 1. The fourth-order valence-electron chi connectivity index (χ4n) is 1.47. The van der Waals surface area contributed by atoms with Gasteiger partial charge in [0.05, 0.1) is 17.2 Å². The van der Waals surface area contributed by atoms with Crippen molar-refractivity contribution < 1.29 is 9.84 Å². The van der Waals surface area contributed by atoms with Gasteiger partial charge in [0.2, 0.25) is 0 Å². The lowest BCUT2D eigenvalue weighted by Gasteiger charge is -2.23. The molecule has 0 heterocycles. The molecule has 1 aliphatic carbocycles. The number of ether oxygens (including phenoxy) is 1. The zero-order valence-electron chi connectivity index (χ0n) is 9.66. The summed E-state index contributed by atoms with van der Waals surface area (Å²) in [4.78, 5) is 0. The molecule has 0 saturated heterocycles. The first-order valence-corrected chi connectivity index (χ1v) is 6.40. The van der Waals surface area contributed by atoms with Crippen molar-refractivity contribution in [2.24, 2.45) is 0 Å². The molecule has 0 aliphatic heterocycles. The highest BCUT2D eigenvalue weighted by Gasteiger charge is 2.25. The molecule has 2 rings (SSSR count). The first-order valence-electron chi connectivity index (χ1n) is 5.60. The Kier molecular flexibility index (Phi) is 3.27. The standard InChI is InChI=1S/C13H17BrO2/c1-13(2,8-15)9-3-6-12(11(14)7-9)16-10-4-5-10/h3,6-7,10,15H,4-5,8H2,1-2H3. The Morgan fingerprint density at radius 2 is 2.12 bits per heavy atom. The lowest BCUT2D eigenvalue weighted by molar-refractivity contribution is 0.218. The van der Waals surface area contributed by atoms with Crippen molar-refractivity contribution in [3.63, 3.8) is 0 Å². The van der Waals surface area contributed by atoms with Crippen molar-refractivity contribution in [3.8, 4) is 5.75 Å². The quantitative estimate of drug-likeness (QED) is 0.920. The van der Waals surface area contributed by atoms with Gasteiger partial charge in [-0.1, -0.05) is 19.9 Å². The second-order valence-electron chi connectivity index (χ2n) is 5.00. The number of halogens is 1. The van der Waals surface area contributed by atoms with Gasteiger partial charge in [-0.15, -0.1) is 0 Å². The maximum absolute atomic E-state index is 9.32. The second kappa shape index (κ2) is 4.38. The van der Waals surface area contributed by atoms with E-state index < -0.39 is 0 Å². The molecule has 0 amide bonds. The van der Waals surface area contributed by atoms with E-state index in [1.54, 1.807) is 0 Å². The van der Waals surface area contributed by atoms with E-state index >= 15 is 0 Å². The minimum absolute atomic E-state index is 0.141. The Balaban J connectivity index is 2.21. The minimum atomic E-state index is -0.208. The summed E-state index contributed by atoms with van der Waals surface area (Å²) in [6.07, 6.45) is 2.74. The Morgan fingerprint density at radius 1 is 1.44 bits per heavy atom. The number of benzene rings is 1. The van der Waals surface area contributed by atoms with Crippen LogP contribution in [0.3, 0.4) is 0 Å². The van der Waals surface area contributed by atoms with E-state index in [9.17, 15) is 5.11 Å². The summed E-state index contributed by atoms with van der Waals surface area (Å²) in [5, 5.41) is 9.32. The third-order valence-electron chi connectivity index (χ3n) is 2.93. The van der Waals surface area contributed by atoms with Crippen molar-refractivity contribution in [2.45, 2.75) is 38.2 Å². The van der Waals surface area contributed by atoms with Crippen LogP contribution in [0.1, 0.15) is 32.3 Å². The summed E-state index contributed by atoms with van der Waals surface area (Å²) in [5.41, 5.74) is 0.908. The van der Waals surface area contributed by atoms with E-state index in [2.05, 4.69) is 15.9 Å². The molecule has 16 heavy (non-hydrogen) atoms. The van der Waals surface area contributed by atoms with E-state index in [4.69, 9.17) is 4.74 Å². The molecule has 0 radical (unpaired) electrons. The third-order valence-corrected chi connectivity index (χ3v) is 3.55. The maximum atomic E-state index is 9.32. The number of aliphatic hydroxyl groups excluding tert-OH is 1. The molecule has 0 aromatic heterocycles. The van der Waals surface area contributed by atoms with E-state index in [1.165, 1.54) is 0 Å². The molecular formula is C13H17BrO2. The largest absolute Gasteiger partial charge is 0.489 e. The van der Waals surface area contributed by atoms with Crippen LogP contribution in [0.4, 0.5) is 0 Å². The molecule has 0 bridgehead atoms. The first-order chi connectivity index (χ1) is 7.53. The lowest BCUT2D eigenvalue weighted by atomic mass is 9.86. The maximum Gasteiger partial charge on any atom is 0.133 e. The van der Waals surface area contributed by atoms with Crippen molar-refractivity contribution in [1.82, 2.24) is 0 Å². The molecule has 0 spiro atoms. The minimum Gasteiger partial charge on any atom is -0.489 e. The van der Waals surface area contributed by atoms with Crippen LogP contribution in [-0.4, -0.2) is 17.8 Å². The highest BCUT2D eigenvalue weighted by atomic mass is 79.9. The lowest BCUT2D eigenvalue weighted by Crippen LogP contribution is -2.21. The normalized spacial score (nSPS) is 16.2. The first kappa shape index (κ1) is 11.9. The molecule has 0 unspecified atom stereocenters. The van der Waals surface area contributed by atoms with Gasteiger partial charge in [-0.2, -0.15) is 0 Å². The predicted molar refractivity (Wildman–Crippen MR) is 67.9 cm³/mol. The molecule has 3 heteroatoms. The summed E-state index contributed by atoms with van der Waals surface area (Å²) in [6, 6.07) is 6.04. The topological polar surface area (TPSA) is 29.5 Å². The van der Waals surface area contributed by atoms with Gasteiger partial charge in [-0.05, 0) is 46.5 Å². The second-order valence-corrected chi connectivity index (χ2v) is 5.86. The average Bonchev–Trinajstić information content (AvgIpc) is 3.05. The van der Waals surface area contributed by atoms with Gasteiger partial charge in [0.15, 0.2) is 0 Å². The van der Waals surface area contributed by atoms with E-state index in [1.807, 2.05) is 32.0 Å². The summed E-state index contributed by atoms with van der Waals surface area (Å²) in [6.45, 7) is 4.19. The zero-order chi connectivity index (χ0) is 11.8. The molecule has 1 aliphatic rings. The van der Waals surface area contributed by atoms with Crippen LogP contribution in [0.2, 0.25) is 0 Å². The third kappa shape index (κ3) is 2.58. The summed E-state index contributed by atoms with van der Waals surface area (Å²) < 4.78 is 6.72. The highest BCUT2D eigenvalue weighted by Crippen LogP contribution is 2.35. The molecule has 0 atom stereocenters. The summed E-state index contributed by atoms with van der Waals surface area (Å²) >= 11 is 3.52. The Hall–Kier alpha value is -0.540. The van der Waals surface area contributed by atoms with Gasteiger partial charge in [-0.3, -0.25) is 0 Å². The fourth-order valence-corrected chi connectivity index (χ4v) is 1.95. The summed E-state index contributed by atoms with van der Waals surface area (Å²) in [5.74, 6) is 0.903. The van der Waals surface area contributed by atoms with Gasteiger partial charge in [0.1, 0.15) is 5.75 Å². The SMILES string of the molecule is CC(C)(CO)c1ccc(OC2CC2)c(Br)c1. The van der Waals surface area contributed by atoms with Crippen LogP contribution < -0.4 is 4.74 Å². The predicted octanol–water partition coefficient (Wildman–Crippen LogP) is 3.26. The number of rotatable bonds is 4. The van der Waals surface area contributed by atoms with Gasteiger partial charge < -0.3 is 9.84 Å². The summed E-state index contributed by atoms with van der Waals surface area (Å²) in [7, 11) is 0. The van der Waals surface area contributed by atoms with Gasteiger partial charge >= 0.3 is 0 Å². The molecule has 1 N–H and O–H groups in total. The van der Waals surface area contributed by atoms with Crippen LogP contribution >= 0.6 is 15.9 Å². The van der Waals surface area contributed by atoms with Crippen LogP contribution in [0.25, 0.3) is 0 Å².